The van der Waals surface area contributed by atoms with Crippen molar-refractivity contribution >= 4 is 5.91 Å². The van der Waals surface area contributed by atoms with E-state index in [4.69, 9.17) is 4.74 Å². The van der Waals surface area contributed by atoms with Crippen LogP contribution in [-0.4, -0.2) is 38.8 Å². The van der Waals surface area contributed by atoms with Gasteiger partial charge < -0.3 is 15.4 Å². The first kappa shape index (κ1) is 15.4. The molecule has 0 bridgehead atoms. The summed E-state index contributed by atoms with van der Waals surface area (Å²) in [7, 11) is 1.62. The number of methoxy groups -OCH3 is 1. The first-order valence-corrected chi connectivity index (χ1v) is 7.24. The van der Waals surface area contributed by atoms with Gasteiger partial charge in [0.1, 0.15) is 0 Å². The highest BCUT2D eigenvalue weighted by molar-refractivity contribution is 5.78. The highest BCUT2D eigenvalue weighted by atomic mass is 16.5. The highest BCUT2D eigenvalue weighted by Crippen LogP contribution is 2.16. The van der Waals surface area contributed by atoms with Crippen LogP contribution >= 0.6 is 0 Å². The average Bonchev–Trinajstić information content (AvgIpc) is 2.63. The standard InChI is InChI=1S/C14H28N2O2/c1-12(11-18-2)14(17)16-10-9-15-13-7-5-3-4-6-8-13/h12-13,15H,3-11H2,1-2H3,(H,16,17). The zero-order valence-corrected chi connectivity index (χ0v) is 11.8. The molecule has 1 atom stereocenters. The number of ether oxygens (including phenoxy) is 1. The predicted octanol–water partition coefficient (Wildman–Crippen LogP) is 1.70. The summed E-state index contributed by atoms with van der Waals surface area (Å²) in [4.78, 5) is 11.6. The number of hydrogen-bond donors (Lipinski definition) is 2. The SMILES string of the molecule is COCC(C)C(=O)NCCNC1CCCCCC1. The maximum atomic E-state index is 11.6. The third-order valence-electron chi connectivity index (χ3n) is 3.58. The Morgan fingerprint density at radius 2 is 1.89 bits per heavy atom. The lowest BCUT2D eigenvalue weighted by atomic mass is 10.1. The van der Waals surface area contributed by atoms with Crippen molar-refractivity contribution in [3.05, 3.63) is 0 Å². The molecule has 0 aromatic rings. The molecule has 0 aromatic carbocycles. The molecule has 106 valence electrons. The fraction of sp³-hybridized carbons (Fsp3) is 0.929. The molecule has 2 N–H and O–H groups in total. The van der Waals surface area contributed by atoms with E-state index in [0.717, 1.165) is 6.54 Å². The van der Waals surface area contributed by atoms with Gasteiger partial charge in [-0.05, 0) is 12.8 Å². The van der Waals surface area contributed by atoms with Crippen molar-refractivity contribution in [2.24, 2.45) is 5.92 Å². The molecule has 1 fully saturated rings. The fourth-order valence-electron chi connectivity index (χ4n) is 2.45. The second-order valence-corrected chi connectivity index (χ2v) is 5.29. The molecule has 1 aliphatic carbocycles. The van der Waals surface area contributed by atoms with Crippen LogP contribution in [-0.2, 0) is 9.53 Å². The third-order valence-corrected chi connectivity index (χ3v) is 3.58. The topological polar surface area (TPSA) is 50.4 Å². The molecular formula is C14H28N2O2. The minimum absolute atomic E-state index is 0.0621. The van der Waals surface area contributed by atoms with E-state index in [-0.39, 0.29) is 11.8 Å². The zero-order valence-electron chi connectivity index (χ0n) is 11.8. The Bertz CT molecular complexity index is 226. The maximum Gasteiger partial charge on any atom is 0.225 e. The van der Waals surface area contributed by atoms with E-state index in [1.807, 2.05) is 6.92 Å². The van der Waals surface area contributed by atoms with Gasteiger partial charge in [0, 0.05) is 26.2 Å². The van der Waals surface area contributed by atoms with Gasteiger partial charge in [-0.1, -0.05) is 32.6 Å². The van der Waals surface area contributed by atoms with Crippen LogP contribution in [0, 0.1) is 5.92 Å². The van der Waals surface area contributed by atoms with Crippen molar-refractivity contribution in [1.29, 1.82) is 0 Å². The van der Waals surface area contributed by atoms with Crippen LogP contribution in [0.4, 0.5) is 0 Å². The molecule has 0 radical (unpaired) electrons. The van der Waals surface area contributed by atoms with Gasteiger partial charge in [0.25, 0.3) is 0 Å². The van der Waals surface area contributed by atoms with Crippen LogP contribution in [0.5, 0.6) is 0 Å². The minimum Gasteiger partial charge on any atom is -0.384 e. The van der Waals surface area contributed by atoms with Gasteiger partial charge in [-0.3, -0.25) is 4.79 Å². The molecule has 4 nitrogen and oxygen atoms in total. The van der Waals surface area contributed by atoms with Gasteiger partial charge >= 0.3 is 0 Å². The van der Waals surface area contributed by atoms with Gasteiger partial charge in [-0.2, -0.15) is 0 Å². The van der Waals surface area contributed by atoms with E-state index in [9.17, 15) is 4.79 Å². The van der Waals surface area contributed by atoms with E-state index in [2.05, 4.69) is 10.6 Å². The molecule has 0 aliphatic heterocycles. The number of hydrogen-bond acceptors (Lipinski definition) is 3. The molecule has 1 saturated carbocycles. The lowest BCUT2D eigenvalue weighted by Crippen LogP contribution is -2.39. The molecule has 0 saturated heterocycles. The number of carbonyl (C=O) groups is 1. The predicted molar refractivity (Wildman–Crippen MR) is 73.5 cm³/mol. The summed E-state index contributed by atoms with van der Waals surface area (Å²) in [6.07, 6.45) is 8.01. The fourth-order valence-corrected chi connectivity index (χ4v) is 2.45. The number of rotatable bonds is 7. The Morgan fingerprint density at radius 1 is 1.22 bits per heavy atom. The number of amides is 1. The Balaban J connectivity index is 2.05. The summed E-state index contributed by atoms with van der Waals surface area (Å²) in [6.45, 7) is 3.96. The summed E-state index contributed by atoms with van der Waals surface area (Å²) >= 11 is 0. The zero-order chi connectivity index (χ0) is 13.2. The Hall–Kier alpha value is -0.610. The van der Waals surface area contributed by atoms with Crippen LogP contribution in [0.1, 0.15) is 45.4 Å². The Kier molecular flexibility index (Phi) is 8.01. The quantitative estimate of drug-likeness (QED) is 0.538. The molecule has 4 heteroatoms. The van der Waals surface area contributed by atoms with Crippen LogP contribution in [0.25, 0.3) is 0 Å². The summed E-state index contributed by atoms with van der Waals surface area (Å²) in [5.41, 5.74) is 0. The molecular weight excluding hydrogens is 228 g/mol. The Labute approximate surface area is 111 Å². The Morgan fingerprint density at radius 3 is 2.50 bits per heavy atom. The number of nitrogens with one attached hydrogen (secondary N) is 2. The van der Waals surface area contributed by atoms with Crippen LogP contribution in [0.3, 0.4) is 0 Å². The molecule has 18 heavy (non-hydrogen) atoms. The van der Waals surface area contributed by atoms with Crippen molar-refractivity contribution in [3.8, 4) is 0 Å². The van der Waals surface area contributed by atoms with E-state index in [1.54, 1.807) is 7.11 Å². The molecule has 1 unspecified atom stereocenters. The summed E-state index contributed by atoms with van der Waals surface area (Å²) in [5, 5.41) is 6.48. The minimum atomic E-state index is -0.0621. The smallest absolute Gasteiger partial charge is 0.225 e. The van der Waals surface area contributed by atoms with Gasteiger partial charge in [-0.15, -0.1) is 0 Å². The average molecular weight is 256 g/mol. The number of carbonyl (C=O) groups excluding carboxylic acids is 1. The van der Waals surface area contributed by atoms with Crippen LogP contribution < -0.4 is 10.6 Å². The second-order valence-electron chi connectivity index (χ2n) is 5.29. The van der Waals surface area contributed by atoms with Crippen molar-refractivity contribution in [2.75, 3.05) is 26.8 Å². The molecule has 1 rings (SSSR count). The van der Waals surface area contributed by atoms with Crippen molar-refractivity contribution in [3.63, 3.8) is 0 Å². The summed E-state index contributed by atoms with van der Waals surface area (Å²) < 4.78 is 4.96. The van der Waals surface area contributed by atoms with Crippen molar-refractivity contribution < 1.29 is 9.53 Å². The summed E-state index contributed by atoms with van der Waals surface area (Å²) in [5.74, 6) is 0.0207. The van der Waals surface area contributed by atoms with E-state index in [0.29, 0.717) is 19.2 Å². The maximum absolute atomic E-state index is 11.6. The first-order chi connectivity index (χ1) is 8.74. The normalized spacial score (nSPS) is 19.2. The van der Waals surface area contributed by atoms with Crippen molar-refractivity contribution in [2.45, 2.75) is 51.5 Å². The lowest BCUT2D eigenvalue weighted by Gasteiger charge is -2.17. The highest BCUT2D eigenvalue weighted by Gasteiger charge is 2.13. The molecule has 0 spiro atoms. The van der Waals surface area contributed by atoms with Crippen LogP contribution in [0.2, 0.25) is 0 Å². The van der Waals surface area contributed by atoms with E-state index < -0.39 is 0 Å². The van der Waals surface area contributed by atoms with Gasteiger partial charge in [0.05, 0.1) is 12.5 Å². The third kappa shape index (κ3) is 6.36. The molecule has 1 amide bonds. The first-order valence-electron chi connectivity index (χ1n) is 7.24. The second kappa shape index (κ2) is 9.34. The largest absolute Gasteiger partial charge is 0.384 e. The van der Waals surface area contributed by atoms with E-state index in [1.165, 1.54) is 38.5 Å². The summed E-state index contributed by atoms with van der Waals surface area (Å²) in [6, 6.07) is 0.654. The van der Waals surface area contributed by atoms with Crippen LogP contribution in [0.15, 0.2) is 0 Å². The van der Waals surface area contributed by atoms with E-state index >= 15 is 0 Å². The monoisotopic (exact) mass is 256 g/mol. The van der Waals surface area contributed by atoms with Gasteiger partial charge in [0.2, 0.25) is 5.91 Å². The molecule has 0 aromatic heterocycles. The molecule has 0 heterocycles. The van der Waals surface area contributed by atoms with Gasteiger partial charge in [0.15, 0.2) is 0 Å². The molecule has 1 aliphatic rings. The van der Waals surface area contributed by atoms with Gasteiger partial charge in [-0.25, -0.2) is 0 Å². The lowest BCUT2D eigenvalue weighted by molar-refractivity contribution is -0.125. The van der Waals surface area contributed by atoms with Crippen molar-refractivity contribution in [1.82, 2.24) is 10.6 Å².